The molecule has 1 saturated heterocycles. The fourth-order valence-corrected chi connectivity index (χ4v) is 2.87. The van der Waals surface area contributed by atoms with Crippen molar-refractivity contribution >= 4 is 23.2 Å². The molecule has 0 atom stereocenters. The van der Waals surface area contributed by atoms with E-state index in [0.717, 1.165) is 18.6 Å². The van der Waals surface area contributed by atoms with Gasteiger partial charge in [-0.15, -0.1) is 0 Å². The first-order chi connectivity index (χ1) is 12.9. The van der Waals surface area contributed by atoms with Crippen LogP contribution in [0.1, 0.15) is 18.4 Å². The van der Waals surface area contributed by atoms with Gasteiger partial charge in [0, 0.05) is 13.0 Å². The Labute approximate surface area is 153 Å². The number of anilines is 2. The van der Waals surface area contributed by atoms with Gasteiger partial charge in [0.1, 0.15) is 5.75 Å². The summed E-state index contributed by atoms with van der Waals surface area (Å²) in [4.78, 5) is 25.7. The van der Waals surface area contributed by atoms with Gasteiger partial charge in [0.25, 0.3) is 5.91 Å². The molecule has 2 amide bonds. The van der Waals surface area contributed by atoms with Crippen molar-refractivity contribution in [3.05, 3.63) is 54.1 Å². The second-order valence-corrected chi connectivity index (χ2v) is 6.00. The molecule has 27 heavy (non-hydrogen) atoms. The molecule has 5 nitrogen and oxygen atoms in total. The molecule has 3 rings (SSSR count). The van der Waals surface area contributed by atoms with Crippen LogP contribution in [0, 0.1) is 0 Å². The van der Waals surface area contributed by atoms with Crippen LogP contribution in [-0.4, -0.2) is 25.0 Å². The summed E-state index contributed by atoms with van der Waals surface area (Å²) in [6, 6.07) is 11.5. The van der Waals surface area contributed by atoms with Crippen molar-refractivity contribution in [3.63, 3.8) is 0 Å². The lowest BCUT2D eigenvalue weighted by atomic mass is 10.2. The summed E-state index contributed by atoms with van der Waals surface area (Å²) < 4.78 is 44.0. The van der Waals surface area contributed by atoms with Crippen LogP contribution in [0.15, 0.2) is 48.5 Å². The molecule has 1 heterocycles. The molecule has 0 unspecified atom stereocenters. The average Bonchev–Trinajstić information content (AvgIpc) is 3.06. The SMILES string of the molecule is O=C(COc1ccccc1C(F)(F)F)Nc1ccccc1N1CCCC1=O. The van der Waals surface area contributed by atoms with Crippen LogP contribution >= 0.6 is 0 Å². The number of ether oxygens (including phenoxy) is 1. The Morgan fingerprint density at radius 1 is 1.11 bits per heavy atom. The Balaban J connectivity index is 1.69. The van der Waals surface area contributed by atoms with Gasteiger partial charge in [0.15, 0.2) is 6.61 Å². The summed E-state index contributed by atoms with van der Waals surface area (Å²) in [5, 5.41) is 2.60. The lowest BCUT2D eigenvalue weighted by molar-refractivity contribution is -0.139. The van der Waals surface area contributed by atoms with E-state index in [4.69, 9.17) is 4.74 Å². The Kier molecular flexibility index (Phi) is 5.34. The molecule has 0 aromatic heterocycles. The maximum atomic E-state index is 13.0. The Hall–Kier alpha value is -3.03. The molecule has 1 fully saturated rings. The summed E-state index contributed by atoms with van der Waals surface area (Å²) in [6.07, 6.45) is -3.39. The molecule has 2 aromatic rings. The topological polar surface area (TPSA) is 58.6 Å². The van der Waals surface area contributed by atoms with E-state index in [0.29, 0.717) is 24.3 Å². The van der Waals surface area contributed by atoms with Crippen LogP contribution in [0.4, 0.5) is 24.5 Å². The van der Waals surface area contributed by atoms with E-state index in [1.807, 2.05) is 0 Å². The van der Waals surface area contributed by atoms with Crippen LogP contribution in [0.25, 0.3) is 0 Å². The molecule has 0 bridgehead atoms. The third kappa shape index (κ3) is 4.39. The number of hydrogen-bond acceptors (Lipinski definition) is 3. The number of carbonyl (C=O) groups is 2. The third-order valence-corrected chi connectivity index (χ3v) is 4.09. The van der Waals surface area contributed by atoms with Gasteiger partial charge in [-0.3, -0.25) is 9.59 Å². The van der Waals surface area contributed by atoms with Crippen LogP contribution in [0.3, 0.4) is 0 Å². The highest BCUT2D eigenvalue weighted by Gasteiger charge is 2.34. The first-order valence-corrected chi connectivity index (χ1v) is 8.34. The number of benzene rings is 2. The molecule has 142 valence electrons. The summed E-state index contributed by atoms with van der Waals surface area (Å²) >= 11 is 0. The van der Waals surface area contributed by atoms with Crippen LogP contribution in [0.5, 0.6) is 5.75 Å². The Morgan fingerprint density at radius 3 is 2.52 bits per heavy atom. The number of nitrogens with one attached hydrogen (secondary N) is 1. The largest absolute Gasteiger partial charge is 0.483 e. The summed E-state index contributed by atoms with van der Waals surface area (Å²) in [6.45, 7) is -0.0312. The smallest absolute Gasteiger partial charge is 0.419 e. The predicted molar refractivity (Wildman–Crippen MR) is 93.6 cm³/mol. The van der Waals surface area contributed by atoms with Crippen molar-refractivity contribution in [1.82, 2.24) is 0 Å². The van der Waals surface area contributed by atoms with Gasteiger partial charge >= 0.3 is 6.18 Å². The number of carbonyl (C=O) groups excluding carboxylic acids is 2. The number of para-hydroxylation sites is 3. The van der Waals surface area contributed by atoms with Gasteiger partial charge < -0.3 is 15.0 Å². The lowest BCUT2D eigenvalue weighted by Crippen LogP contribution is -2.27. The molecule has 0 saturated carbocycles. The van der Waals surface area contributed by atoms with E-state index in [9.17, 15) is 22.8 Å². The average molecular weight is 378 g/mol. The molecule has 1 N–H and O–H groups in total. The third-order valence-electron chi connectivity index (χ3n) is 4.09. The molecule has 1 aliphatic rings. The highest BCUT2D eigenvalue weighted by atomic mass is 19.4. The Bertz CT molecular complexity index is 852. The lowest BCUT2D eigenvalue weighted by Gasteiger charge is -2.20. The normalized spacial score (nSPS) is 14.3. The fraction of sp³-hybridized carbons (Fsp3) is 0.263. The van der Waals surface area contributed by atoms with Crippen molar-refractivity contribution in [2.75, 3.05) is 23.4 Å². The van der Waals surface area contributed by atoms with Crippen molar-refractivity contribution in [3.8, 4) is 5.75 Å². The summed E-state index contributed by atoms with van der Waals surface area (Å²) in [5.41, 5.74) is 0.0235. The minimum Gasteiger partial charge on any atom is -0.483 e. The molecule has 0 spiro atoms. The van der Waals surface area contributed by atoms with E-state index in [-0.39, 0.29) is 5.91 Å². The number of alkyl halides is 3. The number of rotatable bonds is 5. The first-order valence-electron chi connectivity index (χ1n) is 8.34. The van der Waals surface area contributed by atoms with Crippen molar-refractivity contribution < 1.29 is 27.5 Å². The summed E-state index contributed by atoms with van der Waals surface area (Å²) in [7, 11) is 0. The van der Waals surface area contributed by atoms with Crippen LogP contribution < -0.4 is 15.0 Å². The zero-order valence-electron chi connectivity index (χ0n) is 14.3. The van der Waals surface area contributed by atoms with E-state index in [2.05, 4.69) is 5.32 Å². The Morgan fingerprint density at radius 2 is 1.81 bits per heavy atom. The fourth-order valence-electron chi connectivity index (χ4n) is 2.87. The highest BCUT2D eigenvalue weighted by molar-refractivity contribution is 6.02. The minimum absolute atomic E-state index is 0.0351. The maximum absolute atomic E-state index is 13.0. The first kappa shape index (κ1) is 18.8. The monoisotopic (exact) mass is 378 g/mol. The van der Waals surface area contributed by atoms with Gasteiger partial charge in [0.2, 0.25) is 5.91 Å². The predicted octanol–water partition coefficient (Wildman–Crippen LogP) is 3.85. The van der Waals surface area contributed by atoms with Gasteiger partial charge in [-0.2, -0.15) is 13.2 Å². The van der Waals surface area contributed by atoms with E-state index < -0.39 is 30.0 Å². The molecule has 1 aliphatic heterocycles. The number of amides is 2. The number of halogens is 3. The zero-order valence-corrected chi connectivity index (χ0v) is 14.3. The van der Waals surface area contributed by atoms with Crippen LogP contribution in [0.2, 0.25) is 0 Å². The van der Waals surface area contributed by atoms with Gasteiger partial charge in [-0.25, -0.2) is 0 Å². The maximum Gasteiger partial charge on any atom is 0.419 e. The van der Waals surface area contributed by atoms with Crippen molar-refractivity contribution in [1.29, 1.82) is 0 Å². The van der Waals surface area contributed by atoms with E-state index in [1.54, 1.807) is 29.2 Å². The summed E-state index contributed by atoms with van der Waals surface area (Å²) in [5.74, 6) is -1.07. The van der Waals surface area contributed by atoms with Gasteiger partial charge in [-0.05, 0) is 30.7 Å². The van der Waals surface area contributed by atoms with Crippen LogP contribution in [-0.2, 0) is 15.8 Å². The molecule has 0 radical (unpaired) electrons. The van der Waals surface area contributed by atoms with Gasteiger partial charge in [0.05, 0.1) is 16.9 Å². The second-order valence-electron chi connectivity index (χ2n) is 6.00. The van der Waals surface area contributed by atoms with Crippen molar-refractivity contribution in [2.45, 2.75) is 19.0 Å². The number of hydrogen-bond donors (Lipinski definition) is 1. The molecule has 0 aliphatic carbocycles. The van der Waals surface area contributed by atoms with E-state index in [1.165, 1.54) is 12.1 Å². The highest BCUT2D eigenvalue weighted by Crippen LogP contribution is 2.36. The molecule has 8 heteroatoms. The van der Waals surface area contributed by atoms with Crippen molar-refractivity contribution in [2.24, 2.45) is 0 Å². The molecule has 2 aromatic carbocycles. The van der Waals surface area contributed by atoms with Gasteiger partial charge in [-0.1, -0.05) is 24.3 Å². The quantitative estimate of drug-likeness (QED) is 0.860. The van der Waals surface area contributed by atoms with E-state index >= 15 is 0 Å². The zero-order chi connectivity index (χ0) is 19.4. The molecular weight excluding hydrogens is 361 g/mol. The minimum atomic E-state index is -4.57. The second kappa shape index (κ2) is 7.69. The number of nitrogens with zero attached hydrogens (tertiary/aromatic N) is 1. The standard InChI is InChI=1S/C19H17F3N2O3/c20-19(21,22)13-6-1-4-9-16(13)27-12-17(25)23-14-7-2-3-8-15(14)24-11-5-10-18(24)26/h1-4,6-9H,5,10-12H2,(H,23,25). The molecular formula is C19H17F3N2O3.